The number of phenols is 1. The van der Waals surface area contributed by atoms with Gasteiger partial charge in [-0.05, 0) is 56.3 Å². The molecule has 33 heavy (non-hydrogen) atoms. The first kappa shape index (κ1) is 22.2. The van der Waals surface area contributed by atoms with Crippen LogP contribution in [0.25, 0.3) is 21.8 Å². The van der Waals surface area contributed by atoms with Gasteiger partial charge in [-0.2, -0.15) is 0 Å². The number of hydrazine groups is 1. The van der Waals surface area contributed by atoms with E-state index in [4.69, 9.17) is 11.6 Å². The molecule has 0 fully saturated rings. The number of hydrogen-bond donors (Lipinski definition) is 4. The highest BCUT2D eigenvalue weighted by molar-refractivity contribution is 6.31. The van der Waals surface area contributed by atoms with Crippen molar-refractivity contribution < 1.29 is 14.7 Å². The molecule has 0 atom stereocenters. The number of aryl methyl sites for hydroxylation is 1. The van der Waals surface area contributed by atoms with E-state index in [1.165, 1.54) is 24.3 Å². The molecule has 0 bridgehead atoms. The van der Waals surface area contributed by atoms with Crippen LogP contribution in [0.3, 0.4) is 0 Å². The van der Waals surface area contributed by atoms with Gasteiger partial charge in [0.1, 0.15) is 5.75 Å². The number of benzene rings is 3. The molecule has 3 aromatic carbocycles. The van der Waals surface area contributed by atoms with E-state index in [0.29, 0.717) is 16.4 Å². The van der Waals surface area contributed by atoms with E-state index in [-0.39, 0.29) is 17.2 Å². The molecule has 1 heterocycles. The second-order valence-corrected chi connectivity index (χ2v) is 7.99. The molecular formula is C25H23ClN4O3. The van der Waals surface area contributed by atoms with Gasteiger partial charge in [0.25, 0.3) is 5.91 Å². The van der Waals surface area contributed by atoms with E-state index in [1.54, 1.807) is 6.92 Å². The van der Waals surface area contributed by atoms with Gasteiger partial charge in [0.2, 0.25) is 5.91 Å². The molecule has 0 aliphatic carbocycles. The first-order valence-corrected chi connectivity index (χ1v) is 10.8. The zero-order valence-corrected chi connectivity index (χ0v) is 18.9. The molecule has 4 rings (SSSR count). The minimum absolute atomic E-state index is 0.0202. The van der Waals surface area contributed by atoms with Crippen LogP contribution in [0.1, 0.15) is 24.2 Å². The first-order chi connectivity index (χ1) is 15.9. The number of nitrogens with zero attached hydrogens (tertiary/aromatic N) is 1. The lowest BCUT2D eigenvalue weighted by Gasteiger charge is -2.10. The van der Waals surface area contributed by atoms with E-state index < -0.39 is 5.91 Å². The van der Waals surface area contributed by atoms with Gasteiger partial charge >= 0.3 is 0 Å². The van der Waals surface area contributed by atoms with Crippen LogP contribution in [0.5, 0.6) is 5.75 Å². The van der Waals surface area contributed by atoms with Crippen LogP contribution >= 0.6 is 11.6 Å². The van der Waals surface area contributed by atoms with Crippen molar-refractivity contribution in [3.63, 3.8) is 0 Å². The molecule has 0 radical (unpaired) electrons. The zero-order chi connectivity index (χ0) is 23.5. The summed E-state index contributed by atoms with van der Waals surface area (Å²) in [5.74, 6) is -1.13. The molecule has 2 amide bonds. The Hall–Kier alpha value is -3.97. The molecule has 0 spiro atoms. The molecule has 0 saturated heterocycles. The lowest BCUT2D eigenvalue weighted by molar-refractivity contribution is -0.112. The summed E-state index contributed by atoms with van der Waals surface area (Å²) in [5.41, 5.74) is 8.44. The number of hydrogen-bond acceptors (Lipinski definition) is 4. The summed E-state index contributed by atoms with van der Waals surface area (Å²) in [6, 6.07) is 18.2. The number of carbonyl (C=O) groups excluding carboxylic acids is 2. The van der Waals surface area contributed by atoms with Crippen LogP contribution < -0.4 is 16.2 Å². The summed E-state index contributed by atoms with van der Waals surface area (Å²) >= 11 is 5.87. The molecular weight excluding hydrogens is 440 g/mol. The van der Waals surface area contributed by atoms with Crippen molar-refractivity contribution in [1.82, 2.24) is 15.4 Å². The molecule has 0 aliphatic rings. The van der Waals surface area contributed by atoms with Gasteiger partial charge in [0.15, 0.2) is 0 Å². The van der Waals surface area contributed by atoms with Gasteiger partial charge in [-0.25, -0.2) is 0 Å². The number of rotatable bonds is 6. The molecule has 8 heteroatoms. The highest BCUT2D eigenvalue weighted by Crippen LogP contribution is 2.31. The first-order valence-electron chi connectivity index (χ1n) is 10.4. The third-order valence-corrected chi connectivity index (χ3v) is 5.52. The number of amides is 2. The number of fused-ring (bicyclic) bond motifs is 3. The Morgan fingerprint density at radius 3 is 2.55 bits per heavy atom. The number of nitrogens with one attached hydrogen (secondary N) is 3. The van der Waals surface area contributed by atoms with Crippen molar-refractivity contribution in [2.45, 2.75) is 20.4 Å². The number of aromatic hydroxyl groups is 1. The van der Waals surface area contributed by atoms with Gasteiger partial charge in [0, 0.05) is 50.8 Å². The topological polar surface area (TPSA) is 95.4 Å². The summed E-state index contributed by atoms with van der Waals surface area (Å²) in [6.45, 7) is 4.59. The monoisotopic (exact) mass is 462 g/mol. The summed E-state index contributed by atoms with van der Waals surface area (Å²) in [7, 11) is 0. The highest BCUT2D eigenvalue weighted by atomic mass is 35.5. The second-order valence-electron chi connectivity index (χ2n) is 7.55. The Labute approximate surface area is 195 Å². The van der Waals surface area contributed by atoms with Gasteiger partial charge in [0.05, 0.1) is 5.56 Å². The lowest BCUT2D eigenvalue weighted by atomic mass is 10.1. The molecule has 4 N–H and O–H groups in total. The SMILES string of the molecule is CCn1c2ccccc2c2cc(NC(=O)C=C(C)NNC(=O)c3cc(Cl)ccc3O)ccc21. The van der Waals surface area contributed by atoms with Crippen LogP contribution in [-0.2, 0) is 11.3 Å². The Morgan fingerprint density at radius 1 is 1.00 bits per heavy atom. The number of para-hydroxylation sites is 1. The van der Waals surface area contributed by atoms with E-state index in [1.807, 2.05) is 30.3 Å². The van der Waals surface area contributed by atoms with Gasteiger partial charge < -0.3 is 20.4 Å². The number of aromatic nitrogens is 1. The number of anilines is 1. The molecule has 7 nitrogen and oxygen atoms in total. The maximum Gasteiger partial charge on any atom is 0.273 e. The molecule has 4 aromatic rings. The normalized spacial score (nSPS) is 11.5. The minimum Gasteiger partial charge on any atom is -0.507 e. The number of halogens is 1. The van der Waals surface area contributed by atoms with Crippen LogP contribution in [0.4, 0.5) is 5.69 Å². The Bertz CT molecular complexity index is 1410. The summed E-state index contributed by atoms with van der Waals surface area (Å²) in [5, 5.41) is 15.2. The van der Waals surface area contributed by atoms with Gasteiger partial charge in [-0.15, -0.1) is 0 Å². The predicted molar refractivity (Wildman–Crippen MR) is 131 cm³/mol. The Balaban J connectivity index is 1.46. The highest BCUT2D eigenvalue weighted by Gasteiger charge is 2.12. The van der Waals surface area contributed by atoms with E-state index in [0.717, 1.165) is 28.4 Å². The van der Waals surface area contributed by atoms with Crippen molar-refractivity contribution in [1.29, 1.82) is 0 Å². The second kappa shape index (κ2) is 9.26. The third-order valence-electron chi connectivity index (χ3n) is 5.28. The van der Waals surface area contributed by atoms with Crippen molar-refractivity contribution >= 4 is 50.9 Å². The Kier molecular flexibility index (Phi) is 6.24. The summed E-state index contributed by atoms with van der Waals surface area (Å²) in [6.07, 6.45) is 1.33. The number of carbonyl (C=O) groups is 2. The van der Waals surface area contributed by atoms with Gasteiger partial charge in [-0.1, -0.05) is 29.8 Å². The average molecular weight is 463 g/mol. The maximum absolute atomic E-state index is 12.5. The van der Waals surface area contributed by atoms with Crippen LogP contribution in [0.15, 0.2) is 72.4 Å². The molecule has 0 aliphatic heterocycles. The zero-order valence-electron chi connectivity index (χ0n) is 18.1. The third kappa shape index (κ3) is 4.63. The van der Waals surface area contributed by atoms with E-state index in [2.05, 4.69) is 39.8 Å². The van der Waals surface area contributed by atoms with Gasteiger partial charge in [-0.3, -0.25) is 15.0 Å². The number of phenolic OH excluding ortho intramolecular Hbond substituents is 1. The molecule has 168 valence electrons. The number of allylic oxidation sites excluding steroid dienone is 1. The van der Waals surface area contributed by atoms with E-state index >= 15 is 0 Å². The lowest BCUT2D eigenvalue weighted by Crippen LogP contribution is -2.36. The fourth-order valence-corrected chi connectivity index (χ4v) is 3.97. The summed E-state index contributed by atoms with van der Waals surface area (Å²) in [4.78, 5) is 24.7. The quantitative estimate of drug-likeness (QED) is 0.241. The Morgan fingerprint density at radius 2 is 1.76 bits per heavy atom. The van der Waals surface area contributed by atoms with Crippen molar-refractivity contribution in [2.24, 2.45) is 0 Å². The average Bonchev–Trinajstić information content (AvgIpc) is 3.12. The van der Waals surface area contributed by atoms with Crippen LogP contribution in [-0.4, -0.2) is 21.5 Å². The van der Waals surface area contributed by atoms with Crippen molar-refractivity contribution in [3.05, 3.63) is 83.0 Å². The van der Waals surface area contributed by atoms with E-state index in [9.17, 15) is 14.7 Å². The molecule has 0 saturated carbocycles. The summed E-state index contributed by atoms with van der Waals surface area (Å²) < 4.78 is 2.24. The largest absolute Gasteiger partial charge is 0.507 e. The van der Waals surface area contributed by atoms with Crippen LogP contribution in [0, 0.1) is 0 Å². The van der Waals surface area contributed by atoms with Crippen LogP contribution in [0.2, 0.25) is 5.02 Å². The van der Waals surface area contributed by atoms with Crippen molar-refractivity contribution in [3.8, 4) is 5.75 Å². The minimum atomic E-state index is -0.582. The fourth-order valence-electron chi connectivity index (χ4n) is 3.80. The smallest absolute Gasteiger partial charge is 0.273 e. The molecule has 0 unspecified atom stereocenters. The molecule has 1 aromatic heterocycles. The fraction of sp³-hybridized carbons (Fsp3) is 0.120. The maximum atomic E-state index is 12.5. The predicted octanol–water partition coefficient (Wildman–Crippen LogP) is 4.95. The van der Waals surface area contributed by atoms with Crippen molar-refractivity contribution in [2.75, 3.05) is 5.32 Å². The standard InChI is InChI=1S/C25H23ClN4O3/c1-3-30-21-7-5-4-6-18(21)19-14-17(9-10-22(19)30)27-24(32)12-15(2)28-29-25(33)20-13-16(26)8-11-23(20)31/h4-14,28,31H,3H2,1-2H3,(H,27,32)(H,29,33).